The zero-order chi connectivity index (χ0) is 17.9. The van der Waals surface area contributed by atoms with Crippen LogP contribution in [-0.2, 0) is 4.74 Å². The average Bonchev–Trinajstić information content (AvgIpc) is 3.06. The molecule has 0 unspecified atom stereocenters. The molecule has 0 aliphatic heterocycles. The van der Waals surface area contributed by atoms with E-state index in [-0.39, 0.29) is 0 Å². The van der Waals surface area contributed by atoms with Gasteiger partial charge in [-0.2, -0.15) is 4.99 Å². The van der Waals surface area contributed by atoms with Crippen LogP contribution in [0.5, 0.6) is 0 Å². The fraction of sp³-hybridized carbons (Fsp3) is 0.0870. The first-order valence-electron chi connectivity index (χ1n) is 8.62. The summed E-state index contributed by atoms with van der Waals surface area (Å²) in [5, 5.41) is 1.17. The molecule has 4 aromatic rings. The van der Waals surface area contributed by atoms with E-state index in [1.54, 1.807) is 7.11 Å². The van der Waals surface area contributed by atoms with Crippen LogP contribution < -0.4 is 0 Å². The van der Waals surface area contributed by atoms with Crippen molar-refractivity contribution >= 4 is 22.6 Å². The van der Waals surface area contributed by atoms with Gasteiger partial charge < -0.3 is 4.74 Å². The second-order valence-electron chi connectivity index (χ2n) is 6.23. The minimum Gasteiger partial charge on any atom is -0.468 e. The summed E-state index contributed by atoms with van der Waals surface area (Å²) in [4.78, 5) is 4.74. The molecule has 0 aliphatic rings. The predicted octanol–water partition coefficient (Wildman–Crippen LogP) is 5.80. The number of rotatable bonds is 2. The molecule has 0 saturated heterocycles. The minimum atomic E-state index is 0.550. The first-order chi connectivity index (χ1) is 12.8. The molecule has 0 atom stereocenters. The maximum absolute atomic E-state index is 5.71. The maximum Gasteiger partial charge on any atom is 0.301 e. The van der Waals surface area contributed by atoms with E-state index in [9.17, 15) is 0 Å². The van der Waals surface area contributed by atoms with Gasteiger partial charge in [-0.25, -0.2) is 0 Å². The van der Waals surface area contributed by atoms with Gasteiger partial charge in [0.15, 0.2) is 0 Å². The highest BCUT2D eigenvalue weighted by Gasteiger charge is 2.16. The molecule has 3 heteroatoms. The monoisotopic (exact) mass is 340 g/mol. The Morgan fingerprint density at radius 3 is 2.23 bits per heavy atom. The highest BCUT2D eigenvalue weighted by Crippen LogP contribution is 2.29. The average molecular weight is 340 g/mol. The molecule has 128 valence electrons. The Labute approximate surface area is 153 Å². The number of para-hydroxylation sites is 1. The van der Waals surface area contributed by atoms with Crippen molar-refractivity contribution < 1.29 is 4.74 Å². The number of ether oxygens (including phenoxy) is 1. The molecule has 26 heavy (non-hydrogen) atoms. The molecular formula is C23H20N2O. The molecule has 0 fully saturated rings. The van der Waals surface area contributed by atoms with Crippen LogP contribution in [0, 0.1) is 6.92 Å². The molecule has 0 radical (unpaired) electrons. The Morgan fingerprint density at radius 1 is 0.846 bits per heavy atom. The summed E-state index contributed by atoms with van der Waals surface area (Å²) >= 11 is 0. The van der Waals surface area contributed by atoms with E-state index in [1.807, 2.05) is 48.5 Å². The Hall–Kier alpha value is -3.33. The van der Waals surface area contributed by atoms with Gasteiger partial charge in [0.2, 0.25) is 0 Å². The maximum atomic E-state index is 5.71. The third-order valence-corrected chi connectivity index (χ3v) is 4.38. The minimum absolute atomic E-state index is 0.550. The van der Waals surface area contributed by atoms with Crippen LogP contribution in [0.25, 0.3) is 22.2 Å². The van der Waals surface area contributed by atoms with Gasteiger partial charge in [-0.3, -0.25) is 4.57 Å². The fourth-order valence-electron chi connectivity index (χ4n) is 3.16. The number of fused-ring (bicyclic) bond motifs is 1. The summed E-state index contributed by atoms with van der Waals surface area (Å²) in [5.41, 5.74) is 5.35. The van der Waals surface area contributed by atoms with E-state index in [1.165, 1.54) is 10.9 Å². The molecular weight excluding hydrogens is 320 g/mol. The van der Waals surface area contributed by atoms with Crippen LogP contribution in [-0.4, -0.2) is 17.7 Å². The highest BCUT2D eigenvalue weighted by molar-refractivity contribution is 5.98. The van der Waals surface area contributed by atoms with E-state index in [0.717, 1.165) is 22.5 Å². The molecule has 0 aliphatic carbocycles. The number of hydrogen-bond donors (Lipinski definition) is 0. The van der Waals surface area contributed by atoms with Crippen molar-refractivity contribution in [3.63, 3.8) is 0 Å². The van der Waals surface area contributed by atoms with E-state index < -0.39 is 0 Å². The van der Waals surface area contributed by atoms with Gasteiger partial charge in [-0.15, -0.1) is 0 Å². The van der Waals surface area contributed by atoms with E-state index in [2.05, 4.69) is 47.9 Å². The number of aliphatic imine (C=N–C) groups is 1. The summed E-state index contributed by atoms with van der Waals surface area (Å²) in [5.74, 6) is 0. The molecule has 4 rings (SSSR count). The third-order valence-electron chi connectivity index (χ3n) is 4.38. The standard InChI is InChI=1S/C23H20N2O/c1-17-13-14-21-19(15-17)16-22(18-9-5-3-6-10-18)25(21)23(26-2)24-20-11-7-4-8-12-20/h3-16H,1-2H3. The molecule has 0 bridgehead atoms. The molecule has 1 aromatic heterocycles. The van der Waals surface area contributed by atoms with Crippen molar-refractivity contribution in [2.24, 2.45) is 4.99 Å². The van der Waals surface area contributed by atoms with Crippen molar-refractivity contribution in [2.45, 2.75) is 6.92 Å². The second-order valence-corrected chi connectivity index (χ2v) is 6.23. The number of methoxy groups -OCH3 is 1. The number of aryl methyl sites for hydroxylation is 1. The van der Waals surface area contributed by atoms with Crippen molar-refractivity contribution in [1.29, 1.82) is 0 Å². The third kappa shape index (κ3) is 3.00. The van der Waals surface area contributed by atoms with Crippen molar-refractivity contribution in [3.8, 4) is 11.3 Å². The van der Waals surface area contributed by atoms with Gasteiger partial charge in [0.1, 0.15) is 0 Å². The fourth-order valence-corrected chi connectivity index (χ4v) is 3.16. The van der Waals surface area contributed by atoms with Gasteiger partial charge in [-0.1, -0.05) is 60.2 Å². The zero-order valence-electron chi connectivity index (χ0n) is 14.9. The van der Waals surface area contributed by atoms with Crippen molar-refractivity contribution in [2.75, 3.05) is 7.11 Å². The first-order valence-corrected chi connectivity index (χ1v) is 8.62. The Morgan fingerprint density at radius 2 is 1.54 bits per heavy atom. The Kier molecular flexibility index (Phi) is 4.28. The number of hydrogen-bond acceptors (Lipinski definition) is 2. The lowest BCUT2D eigenvalue weighted by Gasteiger charge is -2.12. The van der Waals surface area contributed by atoms with Crippen LogP contribution in [0.15, 0.2) is 89.9 Å². The Balaban J connectivity index is 1.99. The van der Waals surface area contributed by atoms with Crippen molar-refractivity contribution in [3.05, 3.63) is 90.5 Å². The second kappa shape index (κ2) is 6.89. The zero-order valence-corrected chi connectivity index (χ0v) is 14.9. The molecule has 0 spiro atoms. The highest BCUT2D eigenvalue weighted by atomic mass is 16.5. The molecule has 0 N–H and O–H groups in total. The normalized spacial score (nSPS) is 11.7. The van der Waals surface area contributed by atoms with Gasteiger partial charge in [0, 0.05) is 5.39 Å². The molecule has 0 amide bonds. The quantitative estimate of drug-likeness (QED) is 0.335. The van der Waals surface area contributed by atoms with Gasteiger partial charge >= 0.3 is 6.02 Å². The topological polar surface area (TPSA) is 26.5 Å². The smallest absolute Gasteiger partial charge is 0.301 e. The van der Waals surface area contributed by atoms with Gasteiger partial charge in [-0.05, 0) is 42.8 Å². The van der Waals surface area contributed by atoms with Crippen molar-refractivity contribution in [1.82, 2.24) is 4.57 Å². The summed E-state index contributed by atoms with van der Waals surface area (Å²) in [6.45, 7) is 2.11. The SMILES string of the molecule is COC(=Nc1ccccc1)n1c(-c2ccccc2)cc2cc(C)ccc21. The summed E-state index contributed by atoms with van der Waals surface area (Å²) < 4.78 is 7.79. The van der Waals surface area contributed by atoms with Crippen LogP contribution in [0.2, 0.25) is 0 Å². The van der Waals surface area contributed by atoms with Crippen LogP contribution in [0.1, 0.15) is 5.56 Å². The summed E-state index contributed by atoms with van der Waals surface area (Å²) in [7, 11) is 1.66. The molecule has 0 saturated carbocycles. The molecule has 3 nitrogen and oxygen atoms in total. The predicted molar refractivity (Wildman–Crippen MR) is 108 cm³/mol. The van der Waals surface area contributed by atoms with E-state index in [4.69, 9.17) is 9.73 Å². The lowest BCUT2D eigenvalue weighted by molar-refractivity contribution is 0.387. The largest absolute Gasteiger partial charge is 0.468 e. The van der Waals surface area contributed by atoms with Crippen LogP contribution in [0.4, 0.5) is 5.69 Å². The molecule has 1 heterocycles. The van der Waals surface area contributed by atoms with E-state index >= 15 is 0 Å². The number of nitrogens with zero attached hydrogens (tertiary/aromatic N) is 2. The van der Waals surface area contributed by atoms with Gasteiger partial charge in [0.25, 0.3) is 0 Å². The number of benzene rings is 3. The van der Waals surface area contributed by atoms with Crippen LogP contribution >= 0.6 is 0 Å². The van der Waals surface area contributed by atoms with Gasteiger partial charge in [0.05, 0.1) is 24.0 Å². The lowest BCUT2D eigenvalue weighted by Crippen LogP contribution is -2.14. The lowest BCUT2D eigenvalue weighted by atomic mass is 10.1. The van der Waals surface area contributed by atoms with E-state index in [0.29, 0.717) is 6.02 Å². The van der Waals surface area contributed by atoms with Crippen LogP contribution in [0.3, 0.4) is 0 Å². The number of aromatic nitrogens is 1. The molecule has 3 aromatic carbocycles. The summed E-state index contributed by atoms with van der Waals surface area (Å²) in [6, 6.07) is 29.4. The Bertz CT molecular complexity index is 1060. The first kappa shape index (κ1) is 16.2. The summed E-state index contributed by atoms with van der Waals surface area (Å²) in [6.07, 6.45) is 0.